The van der Waals surface area contributed by atoms with E-state index in [0.29, 0.717) is 0 Å². The second kappa shape index (κ2) is 3.90. The Kier molecular flexibility index (Phi) is 2.35. The van der Waals surface area contributed by atoms with Gasteiger partial charge in [-0.25, -0.2) is 0 Å². The number of rotatable bonds is 2. The van der Waals surface area contributed by atoms with Crippen molar-refractivity contribution >= 4 is 0 Å². The van der Waals surface area contributed by atoms with Crippen molar-refractivity contribution in [1.82, 2.24) is 0 Å². The molecule has 0 N–H and O–H groups in total. The second-order valence-corrected chi connectivity index (χ2v) is 4.49. The maximum atomic E-state index is 8.93. The normalized spacial score (nSPS) is 14.5. The molecule has 88 valence electrons. The Labute approximate surface area is 106 Å². The van der Waals surface area contributed by atoms with E-state index in [-0.39, 0.29) is 0 Å². The third kappa shape index (κ3) is 1.22. The Hall–Kier alpha value is -2.25. The molecule has 18 heavy (non-hydrogen) atoms. The van der Waals surface area contributed by atoms with Gasteiger partial charge >= 0.3 is 0 Å². The average molecular weight is 235 g/mol. The second-order valence-electron chi connectivity index (χ2n) is 4.49. The maximum absolute atomic E-state index is 8.93. The minimum atomic E-state index is -0.540. The van der Waals surface area contributed by atoms with Crippen LogP contribution in [0.1, 0.15) is 24.5 Å². The summed E-state index contributed by atoms with van der Waals surface area (Å²) in [6, 6.07) is 16.4. The lowest BCUT2D eigenvalue weighted by atomic mass is 9.86. The molecular formula is C15H13N3. The fraction of sp³-hybridized carbons (Fsp3) is 0.200. The van der Waals surface area contributed by atoms with Crippen LogP contribution in [-0.2, 0) is 5.54 Å². The number of nitrogens with zero attached hydrogens (tertiary/aromatic N) is 3. The number of fused-ring (bicyclic) bond motifs is 3. The number of hydrogen-bond acceptors (Lipinski definition) is 1. The summed E-state index contributed by atoms with van der Waals surface area (Å²) in [5, 5.41) is 4.14. The molecule has 0 saturated carbocycles. The third-order valence-electron chi connectivity index (χ3n) is 3.76. The SMILES string of the molecule is CCC1(N=[N+]=[N-])c2ccccc2-c2ccccc21. The zero-order valence-corrected chi connectivity index (χ0v) is 10.2. The molecule has 0 bridgehead atoms. The molecule has 2 aromatic carbocycles. The Balaban J connectivity index is 2.43. The van der Waals surface area contributed by atoms with Crippen LogP contribution in [0.3, 0.4) is 0 Å². The Morgan fingerprint density at radius 1 is 1.00 bits per heavy atom. The van der Waals surface area contributed by atoms with E-state index in [4.69, 9.17) is 5.53 Å². The zero-order valence-electron chi connectivity index (χ0n) is 10.2. The Morgan fingerprint density at radius 2 is 1.50 bits per heavy atom. The zero-order chi connectivity index (χ0) is 12.6. The summed E-state index contributed by atoms with van der Waals surface area (Å²) < 4.78 is 0. The van der Waals surface area contributed by atoms with Gasteiger partial charge in [-0.05, 0) is 34.2 Å². The summed E-state index contributed by atoms with van der Waals surface area (Å²) in [5.41, 5.74) is 13.0. The van der Waals surface area contributed by atoms with Gasteiger partial charge in [0.15, 0.2) is 0 Å². The first kappa shape index (κ1) is 10.9. The van der Waals surface area contributed by atoms with Crippen LogP contribution in [0.4, 0.5) is 0 Å². The lowest BCUT2D eigenvalue weighted by molar-refractivity contribution is 0.529. The van der Waals surface area contributed by atoms with Gasteiger partial charge in [-0.3, -0.25) is 0 Å². The van der Waals surface area contributed by atoms with E-state index in [1.165, 1.54) is 11.1 Å². The molecule has 2 aromatic rings. The standard InChI is InChI=1S/C15H13N3/c1-2-15(17-18-16)13-9-5-3-7-11(13)12-8-4-6-10-14(12)15/h3-10H,2H2,1H3. The smallest absolute Gasteiger partial charge is 0.0778 e. The summed E-state index contributed by atoms with van der Waals surface area (Å²) >= 11 is 0. The van der Waals surface area contributed by atoms with E-state index >= 15 is 0 Å². The van der Waals surface area contributed by atoms with Crippen molar-refractivity contribution in [3.05, 3.63) is 70.1 Å². The number of benzene rings is 2. The van der Waals surface area contributed by atoms with Gasteiger partial charge in [0.05, 0.1) is 5.54 Å². The molecule has 0 aromatic heterocycles. The molecule has 3 heteroatoms. The van der Waals surface area contributed by atoms with Crippen molar-refractivity contribution in [1.29, 1.82) is 0 Å². The van der Waals surface area contributed by atoms with Gasteiger partial charge < -0.3 is 0 Å². The monoisotopic (exact) mass is 235 g/mol. The van der Waals surface area contributed by atoms with E-state index in [9.17, 15) is 0 Å². The number of hydrogen-bond donors (Lipinski definition) is 0. The molecule has 1 aliphatic rings. The molecular weight excluding hydrogens is 222 g/mol. The highest BCUT2D eigenvalue weighted by Gasteiger charge is 2.40. The van der Waals surface area contributed by atoms with E-state index in [1.807, 2.05) is 24.3 Å². The van der Waals surface area contributed by atoms with Crippen LogP contribution in [0.2, 0.25) is 0 Å². The fourth-order valence-corrected chi connectivity index (χ4v) is 2.94. The quantitative estimate of drug-likeness (QED) is 0.414. The first-order chi connectivity index (χ1) is 8.83. The molecule has 0 saturated heterocycles. The summed E-state index contributed by atoms with van der Waals surface area (Å²) in [6.45, 7) is 2.06. The van der Waals surface area contributed by atoms with E-state index < -0.39 is 5.54 Å². The molecule has 0 radical (unpaired) electrons. The minimum Gasteiger partial charge on any atom is -0.0778 e. The van der Waals surface area contributed by atoms with Gasteiger partial charge in [-0.2, -0.15) is 0 Å². The minimum absolute atomic E-state index is 0.540. The molecule has 1 aliphatic carbocycles. The summed E-state index contributed by atoms with van der Waals surface area (Å²) in [6.07, 6.45) is 0.769. The van der Waals surface area contributed by atoms with E-state index in [1.54, 1.807) is 0 Å². The van der Waals surface area contributed by atoms with E-state index in [2.05, 4.69) is 41.2 Å². The van der Waals surface area contributed by atoms with Crippen molar-refractivity contribution in [2.45, 2.75) is 18.9 Å². The highest BCUT2D eigenvalue weighted by molar-refractivity contribution is 5.80. The van der Waals surface area contributed by atoms with E-state index in [0.717, 1.165) is 17.5 Å². The Morgan fingerprint density at radius 3 is 1.94 bits per heavy atom. The highest BCUT2D eigenvalue weighted by Crippen LogP contribution is 2.51. The number of azide groups is 1. The molecule has 0 unspecified atom stereocenters. The maximum Gasteiger partial charge on any atom is 0.0997 e. The molecule has 0 spiro atoms. The van der Waals surface area contributed by atoms with Crippen molar-refractivity contribution in [2.24, 2.45) is 5.11 Å². The third-order valence-corrected chi connectivity index (χ3v) is 3.76. The molecule has 0 amide bonds. The lowest BCUT2D eigenvalue weighted by Crippen LogP contribution is -2.20. The van der Waals surface area contributed by atoms with Gasteiger partial charge in [-0.15, -0.1) is 0 Å². The average Bonchev–Trinajstić information content (AvgIpc) is 2.72. The summed E-state index contributed by atoms with van der Waals surface area (Å²) in [5.74, 6) is 0. The molecule has 3 rings (SSSR count). The van der Waals surface area contributed by atoms with Crippen LogP contribution in [0.25, 0.3) is 21.6 Å². The fourth-order valence-electron chi connectivity index (χ4n) is 2.94. The molecule has 0 atom stereocenters. The van der Waals surface area contributed by atoms with Crippen LogP contribution >= 0.6 is 0 Å². The van der Waals surface area contributed by atoms with Gasteiger partial charge in [0.25, 0.3) is 0 Å². The summed E-state index contributed by atoms with van der Waals surface area (Å²) in [4.78, 5) is 3.08. The van der Waals surface area contributed by atoms with Crippen LogP contribution in [0, 0.1) is 0 Å². The Bertz CT molecular complexity index is 609. The van der Waals surface area contributed by atoms with Crippen LogP contribution < -0.4 is 0 Å². The molecule has 0 aliphatic heterocycles. The predicted octanol–water partition coefficient (Wildman–Crippen LogP) is 4.63. The molecule has 0 fully saturated rings. The van der Waals surface area contributed by atoms with Crippen LogP contribution in [0.5, 0.6) is 0 Å². The topological polar surface area (TPSA) is 48.8 Å². The lowest BCUT2D eigenvalue weighted by Gasteiger charge is -2.24. The highest BCUT2D eigenvalue weighted by atomic mass is 15.2. The molecule has 3 nitrogen and oxygen atoms in total. The van der Waals surface area contributed by atoms with Gasteiger partial charge in [-0.1, -0.05) is 60.6 Å². The largest absolute Gasteiger partial charge is 0.0997 e. The van der Waals surface area contributed by atoms with Gasteiger partial charge in [0, 0.05) is 4.91 Å². The van der Waals surface area contributed by atoms with Gasteiger partial charge in [0.2, 0.25) is 0 Å². The van der Waals surface area contributed by atoms with Gasteiger partial charge in [0.1, 0.15) is 0 Å². The van der Waals surface area contributed by atoms with Crippen molar-refractivity contribution in [3.63, 3.8) is 0 Å². The summed E-state index contributed by atoms with van der Waals surface area (Å²) in [7, 11) is 0. The van der Waals surface area contributed by atoms with Crippen molar-refractivity contribution < 1.29 is 0 Å². The van der Waals surface area contributed by atoms with Crippen molar-refractivity contribution in [3.8, 4) is 11.1 Å². The first-order valence-corrected chi connectivity index (χ1v) is 6.09. The first-order valence-electron chi connectivity index (χ1n) is 6.09. The van der Waals surface area contributed by atoms with Crippen molar-refractivity contribution in [2.75, 3.05) is 0 Å². The van der Waals surface area contributed by atoms with Crippen LogP contribution in [-0.4, -0.2) is 0 Å². The van der Waals surface area contributed by atoms with Crippen LogP contribution in [0.15, 0.2) is 53.6 Å². The molecule has 0 heterocycles. The predicted molar refractivity (Wildman–Crippen MR) is 72.1 cm³/mol.